The zero-order chi connectivity index (χ0) is 9.35. The molecular weight excluding hydrogens is 263 g/mol. The fourth-order valence-electron chi connectivity index (χ4n) is 0.867. The molecule has 0 atom stereocenters. The fraction of sp³-hybridized carbons (Fsp3) is 0.143. The van der Waals surface area contributed by atoms with Crippen LogP contribution in [0, 0.1) is 6.92 Å². The molecule has 0 heterocycles. The van der Waals surface area contributed by atoms with Gasteiger partial charge in [0.15, 0.2) is 0 Å². The highest BCUT2D eigenvalue weighted by Gasteiger charge is 2.13. The Morgan fingerprint density at radius 3 is 2.31 bits per heavy atom. The molecule has 0 spiro atoms. The molecule has 0 unspecified atom stereocenters. The molecule has 1 rings (SSSR count). The van der Waals surface area contributed by atoms with Crippen molar-refractivity contribution in [2.24, 2.45) is 0 Å². The first-order chi connectivity index (χ1) is 5.43. The van der Waals surface area contributed by atoms with Crippen LogP contribution < -0.4 is 0 Å². The summed E-state index contributed by atoms with van der Waals surface area (Å²) in [5.41, 5.74) is 0.514. The molecule has 1 aromatic carbocycles. The first kappa shape index (κ1) is 12.5. The maximum Gasteiger partial charge on any atom is 0.294 e. The minimum absolute atomic E-state index is 0. The predicted molar refractivity (Wildman–Crippen MR) is 51.2 cm³/mol. The third-order valence-corrected chi connectivity index (χ3v) is 3.35. The van der Waals surface area contributed by atoms with Crippen molar-refractivity contribution in [3.8, 4) is 0 Å². The van der Waals surface area contributed by atoms with E-state index in [9.17, 15) is 8.42 Å². The van der Waals surface area contributed by atoms with E-state index in [2.05, 4.69) is 15.9 Å². The van der Waals surface area contributed by atoms with E-state index in [0.717, 1.165) is 0 Å². The Bertz CT molecular complexity index is 402. The summed E-state index contributed by atoms with van der Waals surface area (Å²) < 4.78 is 30.9. The normalized spacial score (nSPS) is 10.7. The molecule has 13 heavy (non-hydrogen) atoms. The topological polar surface area (TPSA) is 54.4 Å². The van der Waals surface area contributed by atoms with Gasteiger partial charge in [0, 0.05) is 4.47 Å². The van der Waals surface area contributed by atoms with Gasteiger partial charge in [0.1, 0.15) is 0 Å². The van der Waals surface area contributed by atoms with Gasteiger partial charge in [0.25, 0.3) is 10.1 Å². The molecule has 0 radical (unpaired) electrons. The zero-order valence-electron chi connectivity index (χ0n) is 6.69. The third-order valence-electron chi connectivity index (χ3n) is 1.50. The summed E-state index contributed by atoms with van der Waals surface area (Å²) in [4.78, 5) is -0.0584. The monoisotopic (exact) mass is 270 g/mol. The van der Waals surface area contributed by atoms with Crippen molar-refractivity contribution < 1.29 is 17.7 Å². The molecule has 1 aromatic rings. The van der Waals surface area contributed by atoms with E-state index in [0.29, 0.717) is 10.0 Å². The second-order valence-electron chi connectivity index (χ2n) is 2.34. The van der Waals surface area contributed by atoms with Gasteiger partial charge in [0.05, 0.1) is 4.90 Å². The van der Waals surface area contributed by atoms with Gasteiger partial charge >= 0.3 is 0 Å². The van der Waals surface area contributed by atoms with Gasteiger partial charge < -0.3 is 0 Å². The van der Waals surface area contributed by atoms with Gasteiger partial charge in [0.2, 0.25) is 0 Å². The standard InChI is InChI=1S/C7H7BrO3S.FH/c1-5-6(8)3-2-4-7(5)12(9,10)11;/h2-4H,1H3,(H,9,10,11);1H. The Hall–Kier alpha value is -0.460. The molecule has 0 aliphatic carbocycles. The van der Waals surface area contributed by atoms with Crippen molar-refractivity contribution in [2.45, 2.75) is 11.8 Å². The van der Waals surface area contributed by atoms with Crippen molar-refractivity contribution in [3.63, 3.8) is 0 Å². The number of benzene rings is 1. The van der Waals surface area contributed by atoms with Crippen LogP contribution in [0.25, 0.3) is 0 Å². The lowest BCUT2D eigenvalue weighted by Crippen LogP contribution is -2.00. The smallest absolute Gasteiger partial charge is 0.282 e. The van der Waals surface area contributed by atoms with E-state index >= 15 is 0 Å². The van der Waals surface area contributed by atoms with Crippen LogP contribution in [0.1, 0.15) is 5.56 Å². The van der Waals surface area contributed by atoms with E-state index in [1.54, 1.807) is 19.1 Å². The summed E-state index contributed by atoms with van der Waals surface area (Å²) in [5, 5.41) is 0. The molecule has 0 bridgehead atoms. The summed E-state index contributed by atoms with van der Waals surface area (Å²) in [7, 11) is -4.09. The number of halogens is 2. The van der Waals surface area contributed by atoms with Crippen molar-refractivity contribution in [3.05, 3.63) is 28.2 Å². The maximum absolute atomic E-state index is 10.7. The molecular formula is C7H8BrFO3S. The second-order valence-corrected chi connectivity index (χ2v) is 4.58. The van der Waals surface area contributed by atoms with Gasteiger partial charge in [-0.15, -0.1) is 0 Å². The highest BCUT2D eigenvalue weighted by Crippen LogP contribution is 2.22. The van der Waals surface area contributed by atoms with Crippen LogP contribution in [0.5, 0.6) is 0 Å². The quantitative estimate of drug-likeness (QED) is 0.796. The molecule has 3 nitrogen and oxygen atoms in total. The van der Waals surface area contributed by atoms with Crippen LogP contribution in [-0.4, -0.2) is 13.0 Å². The first-order valence-corrected chi connectivity index (χ1v) is 5.39. The van der Waals surface area contributed by atoms with E-state index in [1.165, 1.54) is 6.07 Å². The molecule has 1 N–H and O–H groups in total. The Balaban J connectivity index is 0.00000144. The molecule has 0 aliphatic rings. The molecule has 0 aromatic heterocycles. The molecule has 74 valence electrons. The lowest BCUT2D eigenvalue weighted by molar-refractivity contribution is 0.482. The van der Waals surface area contributed by atoms with Crippen LogP contribution in [0.4, 0.5) is 4.70 Å². The maximum atomic E-state index is 10.7. The number of hydrogen-bond acceptors (Lipinski definition) is 2. The molecule has 0 amide bonds. The van der Waals surface area contributed by atoms with E-state index in [4.69, 9.17) is 4.55 Å². The summed E-state index contributed by atoms with van der Waals surface area (Å²) in [5.74, 6) is 0. The van der Waals surface area contributed by atoms with Crippen molar-refractivity contribution in [2.75, 3.05) is 0 Å². The average molecular weight is 271 g/mol. The molecule has 0 saturated carbocycles. The Morgan fingerprint density at radius 2 is 1.92 bits per heavy atom. The lowest BCUT2D eigenvalue weighted by atomic mass is 10.2. The minimum atomic E-state index is -4.09. The Kier molecular flexibility index (Phi) is 4.02. The Morgan fingerprint density at radius 1 is 1.38 bits per heavy atom. The first-order valence-electron chi connectivity index (χ1n) is 3.15. The second kappa shape index (κ2) is 4.17. The van der Waals surface area contributed by atoms with Gasteiger partial charge in [-0.25, -0.2) is 0 Å². The largest absolute Gasteiger partial charge is 0.294 e. The van der Waals surface area contributed by atoms with Crippen LogP contribution >= 0.6 is 15.9 Å². The van der Waals surface area contributed by atoms with E-state index in [-0.39, 0.29) is 9.60 Å². The van der Waals surface area contributed by atoms with Crippen LogP contribution in [0.2, 0.25) is 0 Å². The summed E-state index contributed by atoms with van der Waals surface area (Å²) in [6.07, 6.45) is 0. The van der Waals surface area contributed by atoms with Crippen LogP contribution in [-0.2, 0) is 10.1 Å². The van der Waals surface area contributed by atoms with Crippen LogP contribution in [0.3, 0.4) is 0 Å². The average Bonchev–Trinajstić information content (AvgIpc) is 1.92. The van der Waals surface area contributed by atoms with Gasteiger partial charge in [-0.3, -0.25) is 9.26 Å². The summed E-state index contributed by atoms with van der Waals surface area (Å²) >= 11 is 3.16. The summed E-state index contributed by atoms with van der Waals surface area (Å²) in [6, 6.07) is 4.62. The molecule has 0 saturated heterocycles. The number of rotatable bonds is 1. The molecule has 0 fully saturated rings. The highest BCUT2D eigenvalue weighted by molar-refractivity contribution is 9.10. The number of hydrogen-bond donors (Lipinski definition) is 1. The molecule has 0 aliphatic heterocycles. The van der Waals surface area contributed by atoms with E-state index in [1.807, 2.05) is 0 Å². The fourth-order valence-corrected chi connectivity index (χ4v) is 2.11. The lowest BCUT2D eigenvalue weighted by Gasteiger charge is -2.02. The SMILES string of the molecule is Cc1c(Br)cccc1S(=O)(=O)O.F. The molecule has 6 heteroatoms. The van der Waals surface area contributed by atoms with Crippen molar-refractivity contribution in [1.29, 1.82) is 0 Å². The van der Waals surface area contributed by atoms with Crippen LogP contribution in [0.15, 0.2) is 27.6 Å². The van der Waals surface area contributed by atoms with Crippen molar-refractivity contribution in [1.82, 2.24) is 0 Å². The minimum Gasteiger partial charge on any atom is -0.282 e. The van der Waals surface area contributed by atoms with Gasteiger partial charge in [-0.05, 0) is 24.6 Å². The summed E-state index contributed by atoms with van der Waals surface area (Å²) in [6.45, 7) is 1.62. The van der Waals surface area contributed by atoms with Crippen molar-refractivity contribution >= 4 is 26.0 Å². The van der Waals surface area contributed by atoms with Gasteiger partial charge in [-0.2, -0.15) is 8.42 Å². The zero-order valence-corrected chi connectivity index (χ0v) is 9.09. The predicted octanol–water partition coefficient (Wildman–Crippen LogP) is 2.16. The Labute approximate surface area is 84.0 Å². The van der Waals surface area contributed by atoms with E-state index < -0.39 is 10.1 Å². The highest BCUT2D eigenvalue weighted by atomic mass is 79.9. The van der Waals surface area contributed by atoms with Gasteiger partial charge in [-0.1, -0.05) is 22.0 Å². The third kappa shape index (κ3) is 2.75.